The van der Waals surface area contributed by atoms with Gasteiger partial charge in [0.05, 0.1) is 11.9 Å². The number of carbonyl (C=O) groups excluding carboxylic acids is 1. The summed E-state index contributed by atoms with van der Waals surface area (Å²) in [6, 6.07) is 5.55. The number of carbonyl (C=O) groups is 1. The van der Waals surface area contributed by atoms with Crippen LogP contribution in [0.25, 0.3) is 5.82 Å². The molecule has 0 radical (unpaired) electrons. The summed E-state index contributed by atoms with van der Waals surface area (Å²) < 4.78 is 1.69. The molecule has 3 rings (SSSR count). The second-order valence-electron chi connectivity index (χ2n) is 5.59. The molecule has 1 aliphatic carbocycles. The van der Waals surface area contributed by atoms with E-state index in [1.54, 1.807) is 17.1 Å². The van der Waals surface area contributed by atoms with Crippen LogP contribution in [-0.2, 0) is 4.79 Å². The number of pyridine rings is 1. The van der Waals surface area contributed by atoms with Gasteiger partial charge in [0.1, 0.15) is 0 Å². The van der Waals surface area contributed by atoms with Gasteiger partial charge in [0, 0.05) is 18.8 Å². The van der Waals surface area contributed by atoms with Crippen LogP contribution in [-0.4, -0.2) is 20.7 Å². The molecule has 2 aromatic rings. The molecule has 1 amide bonds. The van der Waals surface area contributed by atoms with Gasteiger partial charge in [-0.1, -0.05) is 25.7 Å². The summed E-state index contributed by atoms with van der Waals surface area (Å²) in [5.74, 6) is 1.57. The largest absolute Gasteiger partial charge is 0.325 e. The third-order valence-electron chi connectivity index (χ3n) is 4.03. The minimum atomic E-state index is 0.0792. The lowest BCUT2D eigenvalue weighted by Gasteiger charge is -2.09. The van der Waals surface area contributed by atoms with Gasteiger partial charge in [0.2, 0.25) is 5.91 Å². The smallest absolute Gasteiger partial charge is 0.224 e. The Morgan fingerprint density at radius 2 is 2.19 bits per heavy atom. The molecule has 1 aliphatic rings. The predicted molar refractivity (Wildman–Crippen MR) is 81.2 cm³/mol. The lowest BCUT2D eigenvalue weighted by molar-refractivity contribution is -0.116. The van der Waals surface area contributed by atoms with E-state index in [2.05, 4.69) is 15.4 Å². The standard InChI is InChI=1S/C16H20N4O/c21-16(9-6-13-4-1-2-5-13)19-14-7-8-15(17-12-14)20-11-3-10-18-20/h3,7-8,10-13H,1-2,4-6,9H2,(H,19,21). The van der Waals surface area contributed by atoms with Gasteiger partial charge in [-0.25, -0.2) is 9.67 Å². The van der Waals surface area contributed by atoms with Crippen LogP contribution in [0.5, 0.6) is 0 Å². The van der Waals surface area contributed by atoms with Crippen molar-refractivity contribution < 1.29 is 4.79 Å². The van der Waals surface area contributed by atoms with E-state index >= 15 is 0 Å². The van der Waals surface area contributed by atoms with Gasteiger partial charge in [0.25, 0.3) is 0 Å². The Labute approximate surface area is 124 Å². The lowest BCUT2D eigenvalue weighted by Crippen LogP contribution is -2.13. The van der Waals surface area contributed by atoms with Crippen molar-refractivity contribution in [3.8, 4) is 5.82 Å². The predicted octanol–water partition coefficient (Wildman–Crippen LogP) is 3.18. The maximum absolute atomic E-state index is 11.9. The van der Waals surface area contributed by atoms with Gasteiger partial charge >= 0.3 is 0 Å². The molecule has 0 bridgehead atoms. The molecule has 5 heteroatoms. The van der Waals surface area contributed by atoms with Gasteiger partial charge in [0.15, 0.2) is 5.82 Å². The first-order chi connectivity index (χ1) is 10.3. The maximum Gasteiger partial charge on any atom is 0.224 e. The van der Waals surface area contributed by atoms with Crippen LogP contribution in [0, 0.1) is 5.92 Å². The third-order valence-corrected chi connectivity index (χ3v) is 4.03. The van der Waals surface area contributed by atoms with Crippen molar-refractivity contribution in [1.82, 2.24) is 14.8 Å². The average Bonchev–Trinajstić information content (AvgIpc) is 3.19. The molecule has 0 unspecified atom stereocenters. The normalized spacial score (nSPS) is 15.2. The van der Waals surface area contributed by atoms with Gasteiger partial charge in [-0.15, -0.1) is 0 Å². The topological polar surface area (TPSA) is 59.8 Å². The number of aromatic nitrogens is 3. The Bertz CT molecular complexity index is 571. The summed E-state index contributed by atoms with van der Waals surface area (Å²) in [6.45, 7) is 0. The fourth-order valence-corrected chi connectivity index (χ4v) is 2.86. The van der Waals surface area contributed by atoms with Crippen LogP contribution in [0.3, 0.4) is 0 Å². The van der Waals surface area contributed by atoms with Crippen molar-refractivity contribution in [3.05, 3.63) is 36.8 Å². The first-order valence-corrected chi connectivity index (χ1v) is 7.57. The highest BCUT2D eigenvalue weighted by molar-refractivity contribution is 5.90. The number of nitrogens with one attached hydrogen (secondary N) is 1. The van der Waals surface area contributed by atoms with E-state index in [0.717, 1.165) is 23.8 Å². The summed E-state index contributed by atoms with van der Waals surface area (Å²) in [4.78, 5) is 16.2. The Morgan fingerprint density at radius 3 is 2.86 bits per heavy atom. The van der Waals surface area contributed by atoms with Crippen molar-refractivity contribution in [3.63, 3.8) is 0 Å². The van der Waals surface area contributed by atoms with Crippen LogP contribution >= 0.6 is 0 Å². The molecule has 0 saturated heterocycles. The zero-order valence-corrected chi connectivity index (χ0v) is 12.0. The molecular formula is C16H20N4O. The van der Waals surface area contributed by atoms with E-state index in [-0.39, 0.29) is 5.91 Å². The molecule has 2 aromatic heterocycles. The summed E-state index contributed by atoms with van der Waals surface area (Å²) in [5.41, 5.74) is 0.738. The first kappa shape index (κ1) is 13.8. The van der Waals surface area contributed by atoms with Crippen molar-refractivity contribution >= 4 is 11.6 Å². The van der Waals surface area contributed by atoms with Crippen LogP contribution in [0.2, 0.25) is 0 Å². The average molecular weight is 284 g/mol. The van der Waals surface area contributed by atoms with Crippen LogP contribution in [0.15, 0.2) is 36.8 Å². The van der Waals surface area contributed by atoms with Gasteiger partial charge in [-0.05, 0) is 30.5 Å². The zero-order chi connectivity index (χ0) is 14.5. The molecule has 21 heavy (non-hydrogen) atoms. The highest BCUT2D eigenvalue weighted by Gasteiger charge is 2.16. The molecule has 0 aliphatic heterocycles. The number of hydrogen-bond donors (Lipinski definition) is 1. The minimum Gasteiger partial charge on any atom is -0.325 e. The fourth-order valence-electron chi connectivity index (χ4n) is 2.86. The highest BCUT2D eigenvalue weighted by atomic mass is 16.1. The van der Waals surface area contributed by atoms with E-state index in [4.69, 9.17) is 0 Å². The van der Waals surface area contributed by atoms with Gasteiger partial charge in [-0.3, -0.25) is 4.79 Å². The summed E-state index contributed by atoms with van der Waals surface area (Å²) >= 11 is 0. The quantitative estimate of drug-likeness (QED) is 0.917. The van der Waals surface area contributed by atoms with E-state index in [0.29, 0.717) is 6.42 Å². The first-order valence-electron chi connectivity index (χ1n) is 7.57. The van der Waals surface area contributed by atoms with Crippen molar-refractivity contribution in [2.24, 2.45) is 5.92 Å². The molecular weight excluding hydrogens is 264 g/mol. The monoisotopic (exact) mass is 284 g/mol. The van der Waals surface area contributed by atoms with Crippen LogP contribution < -0.4 is 5.32 Å². The van der Waals surface area contributed by atoms with Gasteiger partial charge in [-0.2, -0.15) is 5.10 Å². The Kier molecular flexibility index (Phi) is 4.28. The Morgan fingerprint density at radius 1 is 1.33 bits per heavy atom. The van der Waals surface area contributed by atoms with Crippen molar-refractivity contribution in [1.29, 1.82) is 0 Å². The Balaban J connectivity index is 1.51. The number of anilines is 1. The summed E-state index contributed by atoms with van der Waals surface area (Å²) in [5, 5.41) is 7.02. The molecule has 0 spiro atoms. The molecule has 0 aromatic carbocycles. The van der Waals surface area contributed by atoms with Gasteiger partial charge < -0.3 is 5.32 Å². The fraction of sp³-hybridized carbons (Fsp3) is 0.438. The number of hydrogen-bond acceptors (Lipinski definition) is 3. The lowest BCUT2D eigenvalue weighted by atomic mass is 10.0. The SMILES string of the molecule is O=C(CCC1CCCC1)Nc1ccc(-n2cccn2)nc1. The Hall–Kier alpha value is -2.17. The van der Waals surface area contributed by atoms with Crippen molar-refractivity contribution in [2.75, 3.05) is 5.32 Å². The van der Waals surface area contributed by atoms with E-state index < -0.39 is 0 Å². The number of amides is 1. The summed E-state index contributed by atoms with van der Waals surface area (Å²) in [6.07, 6.45) is 12.0. The highest BCUT2D eigenvalue weighted by Crippen LogP contribution is 2.28. The van der Waals surface area contributed by atoms with E-state index in [1.165, 1.54) is 25.7 Å². The molecule has 2 heterocycles. The molecule has 0 atom stereocenters. The second-order valence-corrected chi connectivity index (χ2v) is 5.59. The maximum atomic E-state index is 11.9. The van der Waals surface area contributed by atoms with E-state index in [1.807, 2.05) is 24.4 Å². The summed E-state index contributed by atoms with van der Waals surface area (Å²) in [7, 11) is 0. The number of rotatable bonds is 5. The zero-order valence-electron chi connectivity index (χ0n) is 12.0. The molecule has 1 N–H and O–H groups in total. The van der Waals surface area contributed by atoms with E-state index in [9.17, 15) is 4.79 Å². The number of nitrogens with zero attached hydrogens (tertiary/aromatic N) is 3. The van der Waals surface area contributed by atoms with Crippen LogP contribution in [0.1, 0.15) is 38.5 Å². The third kappa shape index (κ3) is 3.68. The van der Waals surface area contributed by atoms with Crippen LogP contribution in [0.4, 0.5) is 5.69 Å². The molecule has 5 nitrogen and oxygen atoms in total. The van der Waals surface area contributed by atoms with Crippen molar-refractivity contribution in [2.45, 2.75) is 38.5 Å². The second kappa shape index (κ2) is 6.52. The molecule has 1 saturated carbocycles. The molecule has 1 fully saturated rings. The molecule has 110 valence electrons. The minimum absolute atomic E-state index is 0.0792.